The molecule has 0 spiro atoms. The van der Waals surface area contributed by atoms with Crippen molar-refractivity contribution < 1.29 is 4.79 Å². The molecule has 2 fully saturated rings. The summed E-state index contributed by atoms with van der Waals surface area (Å²) >= 11 is 1.78. The molecule has 1 aromatic rings. The fraction of sp³-hybridized carbons (Fsp3) is 0.722. The molecule has 1 atom stereocenters. The number of likely N-dealkylation sites (tertiary alicyclic amines) is 1. The van der Waals surface area contributed by atoms with Crippen LogP contribution in [0.1, 0.15) is 56.6 Å². The van der Waals surface area contributed by atoms with Gasteiger partial charge in [0.25, 0.3) is 0 Å². The van der Waals surface area contributed by atoms with E-state index >= 15 is 0 Å². The zero-order valence-electron chi connectivity index (χ0n) is 12.9. The van der Waals surface area contributed by atoms with Crippen LogP contribution in [0.5, 0.6) is 0 Å². The van der Waals surface area contributed by atoms with E-state index in [4.69, 9.17) is 0 Å². The molecule has 1 aliphatic heterocycles. The van der Waals surface area contributed by atoms with Gasteiger partial charge in [0.15, 0.2) is 0 Å². The first-order valence-electron chi connectivity index (χ1n) is 8.54. The van der Waals surface area contributed by atoms with E-state index in [2.05, 4.69) is 22.6 Å². The molecule has 1 amide bonds. The molecule has 2 aliphatic carbocycles. The van der Waals surface area contributed by atoms with Crippen molar-refractivity contribution in [2.45, 2.75) is 63.8 Å². The smallest absolute Gasteiger partial charge is 0.226 e. The van der Waals surface area contributed by atoms with Crippen LogP contribution in [0.4, 0.5) is 0 Å². The summed E-state index contributed by atoms with van der Waals surface area (Å²) in [5.41, 5.74) is 3.03. The highest BCUT2D eigenvalue weighted by Crippen LogP contribution is 2.45. The van der Waals surface area contributed by atoms with Gasteiger partial charge in [-0.3, -0.25) is 4.79 Å². The van der Waals surface area contributed by atoms with Crippen molar-refractivity contribution >= 4 is 17.2 Å². The second-order valence-corrected chi connectivity index (χ2v) is 8.20. The largest absolute Gasteiger partial charge is 0.337 e. The van der Waals surface area contributed by atoms with Gasteiger partial charge in [-0.1, -0.05) is 19.3 Å². The van der Waals surface area contributed by atoms with Gasteiger partial charge in [0.1, 0.15) is 0 Å². The molecule has 0 radical (unpaired) electrons. The Morgan fingerprint density at radius 1 is 1.19 bits per heavy atom. The molecule has 0 bridgehead atoms. The lowest BCUT2D eigenvalue weighted by Gasteiger charge is -2.56. The summed E-state index contributed by atoms with van der Waals surface area (Å²) in [7, 11) is 0. The van der Waals surface area contributed by atoms with Crippen molar-refractivity contribution in [3.05, 3.63) is 21.9 Å². The number of amides is 1. The molecule has 1 aromatic heterocycles. The summed E-state index contributed by atoms with van der Waals surface area (Å²) in [5.74, 6) is 1.42. The van der Waals surface area contributed by atoms with Gasteiger partial charge in [-0.15, -0.1) is 0 Å². The lowest BCUT2D eigenvalue weighted by Crippen LogP contribution is -2.65. The van der Waals surface area contributed by atoms with Crippen LogP contribution in [0.2, 0.25) is 0 Å². The fourth-order valence-corrected chi connectivity index (χ4v) is 5.69. The highest BCUT2D eigenvalue weighted by molar-refractivity contribution is 7.08. The van der Waals surface area contributed by atoms with Crippen molar-refractivity contribution in [3.8, 4) is 0 Å². The van der Waals surface area contributed by atoms with Crippen LogP contribution in [0, 0.1) is 11.8 Å². The number of hydrogen-bond donors (Lipinski definition) is 0. The molecule has 1 saturated heterocycles. The van der Waals surface area contributed by atoms with Gasteiger partial charge in [0.05, 0.1) is 0 Å². The molecule has 114 valence electrons. The molecule has 0 aromatic carbocycles. The molecule has 4 rings (SSSR count). The second-order valence-electron chi connectivity index (χ2n) is 7.46. The Labute approximate surface area is 131 Å². The number of thiophene rings is 1. The number of nitrogens with zero attached hydrogens (tertiary/aromatic N) is 1. The number of hydrogen-bond acceptors (Lipinski definition) is 2. The summed E-state index contributed by atoms with van der Waals surface area (Å²) in [6.07, 6.45) is 9.96. The van der Waals surface area contributed by atoms with Crippen LogP contribution in [-0.2, 0) is 17.6 Å². The van der Waals surface area contributed by atoms with Crippen molar-refractivity contribution in [3.63, 3.8) is 0 Å². The second kappa shape index (κ2) is 5.12. The van der Waals surface area contributed by atoms with Gasteiger partial charge in [-0.25, -0.2) is 0 Å². The predicted octanol–water partition coefficient (Wildman–Crippen LogP) is 4.03. The maximum atomic E-state index is 13.0. The first-order valence-corrected chi connectivity index (χ1v) is 9.48. The molecule has 0 N–H and O–H groups in total. The zero-order valence-corrected chi connectivity index (χ0v) is 13.8. The van der Waals surface area contributed by atoms with Gasteiger partial charge in [0.2, 0.25) is 5.91 Å². The summed E-state index contributed by atoms with van der Waals surface area (Å²) in [6, 6.07) is 0. The fourth-order valence-electron chi connectivity index (χ4n) is 4.79. The average Bonchev–Trinajstić information content (AvgIpc) is 3.07. The van der Waals surface area contributed by atoms with E-state index in [0.717, 1.165) is 25.3 Å². The topological polar surface area (TPSA) is 20.3 Å². The Bertz CT molecular complexity index is 525. The zero-order chi connectivity index (χ0) is 14.4. The third-order valence-corrected chi connectivity index (χ3v) is 7.16. The monoisotopic (exact) mass is 303 g/mol. The number of carbonyl (C=O) groups excluding carboxylic acids is 1. The highest BCUT2D eigenvalue weighted by Gasteiger charge is 2.50. The lowest BCUT2D eigenvalue weighted by atomic mass is 9.68. The Kier molecular flexibility index (Phi) is 3.36. The Balaban J connectivity index is 1.46. The molecule has 2 nitrogen and oxygen atoms in total. The van der Waals surface area contributed by atoms with Crippen LogP contribution in [-0.4, -0.2) is 22.9 Å². The Morgan fingerprint density at radius 2 is 1.86 bits per heavy atom. The van der Waals surface area contributed by atoms with Crippen LogP contribution in [0.3, 0.4) is 0 Å². The number of carbonyl (C=O) groups is 1. The maximum Gasteiger partial charge on any atom is 0.226 e. The van der Waals surface area contributed by atoms with Crippen LogP contribution in [0.25, 0.3) is 0 Å². The van der Waals surface area contributed by atoms with Gasteiger partial charge in [0, 0.05) is 18.0 Å². The number of fused-ring (bicyclic) bond motifs is 1. The van der Waals surface area contributed by atoms with Crippen molar-refractivity contribution in [2.24, 2.45) is 11.8 Å². The van der Waals surface area contributed by atoms with E-state index < -0.39 is 0 Å². The van der Waals surface area contributed by atoms with Crippen molar-refractivity contribution in [1.29, 1.82) is 0 Å². The maximum absolute atomic E-state index is 13.0. The normalized spacial score (nSPS) is 30.2. The van der Waals surface area contributed by atoms with E-state index in [9.17, 15) is 4.79 Å². The van der Waals surface area contributed by atoms with Crippen LogP contribution < -0.4 is 0 Å². The highest BCUT2D eigenvalue weighted by atomic mass is 32.1. The van der Waals surface area contributed by atoms with Gasteiger partial charge in [-0.2, -0.15) is 11.3 Å². The van der Waals surface area contributed by atoms with E-state index in [1.165, 1.54) is 49.7 Å². The number of rotatable bonds is 2. The first-order chi connectivity index (χ1) is 10.2. The van der Waals surface area contributed by atoms with E-state index in [0.29, 0.717) is 5.91 Å². The van der Waals surface area contributed by atoms with Gasteiger partial charge in [-0.05, 0) is 66.8 Å². The van der Waals surface area contributed by atoms with E-state index in [-0.39, 0.29) is 11.5 Å². The average molecular weight is 303 g/mol. The minimum Gasteiger partial charge on any atom is -0.337 e. The van der Waals surface area contributed by atoms with E-state index in [1.807, 2.05) is 0 Å². The standard InChI is InChI=1S/C18H25NOS/c1-18(16-5-3-2-4-6-16)7-8-19(18)17(20)13-9-14-11-21-12-15(14)10-13/h11-13,16H,2-10H2,1H3. The van der Waals surface area contributed by atoms with Gasteiger partial charge < -0.3 is 4.90 Å². The van der Waals surface area contributed by atoms with Crippen LogP contribution >= 0.6 is 11.3 Å². The lowest BCUT2D eigenvalue weighted by molar-refractivity contribution is -0.156. The molecular formula is C18H25NOS. The summed E-state index contributed by atoms with van der Waals surface area (Å²) in [4.78, 5) is 15.2. The van der Waals surface area contributed by atoms with Crippen LogP contribution in [0.15, 0.2) is 10.8 Å². The molecule has 3 heteroatoms. The summed E-state index contributed by atoms with van der Waals surface area (Å²) < 4.78 is 0. The predicted molar refractivity (Wildman–Crippen MR) is 86.5 cm³/mol. The third-order valence-electron chi connectivity index (χ3n) is 6.32. The molecule has 2 heterocycles. The first kappa shape index (κ1) is 13.8. The Hall–Kier alpha value is -0.830. The molecular weight excluding hydrogens is 278 g/mol. The Morgan fingerprint density at radius 3 is 2.43 bits per heavy atom. The minimum absolute atomic E-state index is 0.173. The molecule has 1 unspecified atom stereocenters. The quantitative estimate of drug-likeness (QED) is 0.807. The molecule has 3 aliphatic rings. The summed E-state index contributed by atoms with van der Waals surface area (Å²) in [6.45, 7) is 3.35. The van der Waals surface area contributed by atoms with Crippen molar-refractivity contribution in [1.82, 2.24) is 4.90 Å². The summed E-state index contributed by atoms with van der Waals surface area (Å²) in [5, 5.41) is 4.47. The van der Waals surface area contributed by atoms with E-state index in [1.54, 1.807) is 11.3 Å². The van der Waals surface area contributed by atoms with Crippen molar-refractivity contribution in [2.75, 3.05) is 6.54 Å². The third kappa shape index (κ3) is 2.16. The minimum atomic E-state index is 0.173. The molecule has 21 heavy (non-hydrogen) atoms. The SMILES string of the molecule is CC1(C2CCCCC2)CCN1C(=O)C1Cc2cscc2C1. The van der Waals surface area contributed by atoms with Gasteiger partial charge >= 0.3 is 0 Å². The molecule has 1 saturated carbocycles.